The third kappa shape index (κ3) is 3.47. The summed E-state index contributed by atoms with van der Waals surface area (Å²) >= 11 is 4.31. The lowest BCUT2D eigenvalue weighted by Gasteiger charge is -2.42. The van der Waals surface area contributed by atoms with Gasteiger partial charge in [0, 0.05) is 21.5 Å². The van der Waals surface area contributed by atoms with Gasteiger partial charge in [-0.3, -0.25) is 4.90 Å². The lowest BCUT2D eigenvalue weighted by Crippen LogP contribution is -2.47. The summed E-state index contributed by atoms with van der Waals surface area (Å²) in [5, 5.41) is 0. The molecule has 0 aliphatic carbocycles. The third-order valence-electron chi connectivity index (χ3n) is 2.42. The van der Waals surface area contributed by atoms with Crippen molar-refractivity contribution < 1.29 is 0 Å². The summed E-state index contributed by atoms with van der Waals surface area (Å²) in [5.74, 6) is 2.43. The number of hydrogen-bond donors (Lipinski definition) is 0. The molecule has 1 nitrogen and oxygen atoms in total. The molecule has 14 heavy (non-hydrogen) atoms. The van der Waals surface area contributed by atoms with Gasteiger partial charge in [0.05, 0.1) is 8.07 Å². The highest BCUT2D eigenvalue weighted by atomic mass is 32.2. The molecule has 0 amide bonds. The van der Waals surface area contributed by atoms with Crippen LogP contribution in [-0.2, 0) is 0 Å². The van der Waals surface area contributed by atoms with Crippen LogP contribution < -0.4 is 0 Å². The van der Waals surface area contributed by atoms with Gasteiger partial charge in [-0.2, -0.15) is 0 Å². The van der Waals surface area contributed by atoms with Gasteiger partial charge in [0.2, 0.25) is 0 Å². The number of hydrogen-bond acceptors (Lipinski definition) is 3. The summed E-state index contributed by atoms with van der Waals surface area (Å²) < 4.78 is 0.890. The van der Waals surface area contributed by atoms with Crippen molar-refractivity contribution in [1.29, 1.82) is 0 Å². The van der Waals surface area contributed by atoms with E-state index in [1.54, 1.807) is 0 Å². The van der Waals surface area contributed by atoms with E-state index in [-0.39, 0.29) is 0 Å². The van der Waals surface area contributed by atoms with E-state index < -0.39 is 8.07 Å². The molecule has 0 radical (unpaired) electrons. The zero-order valence-electron chi connectivity index (χ0n) is 10.3. The van der Waals surface area contributed by atoms with Gasteiger partial charge in [-0.1, -0.05) is 19.6 Å². The molecule has 0 spiro atoms. The van der Waals surface area contributed by atoms with Crippen LogP contribution in [-0.4, -0.2) is 34.5 Å². The van der Waals surface area contributed by atoms with Crippen molar-refractivity contribution >= 4 is 31.6 Å². The van der Waals surface area contributed by atoms with E-state index in [2.05, 4.69) is 68.8 Å². The summed E-state index contributed by atoms with van der Waals surface area (Å²) in [4.78, 5) is 2.57. The Morgan fingerprint density at radius 3 is 1.79 bits per heavy atom. The molecule has 0 N–H and O–H groups in total. The zero-order valence-corrected chi connectivity index (χ0v) is 12.9. The average Bonchev–Trinajstić information content (AvgIpc) is 2.01. The predicted molar refractivity (Wildman–Crippen MR) is 73.6 cm³/mol. The molecule has 0 saturated carbocycles. The Balaban J connectivity index is 2.47. The second kappa shape index (κ2) is 4.40. The first-order valence-corrected chi connectivity index (χ1v) is 10.9. The van der Waals surface area contributed by atoms with Gasteiger partial charge in [-0.15, -0.1) is 23.5 Å². The Labute approximate surface area is 98.4 Å². The quantitative estimate of drug-likeness (QED) is 0.653. The smallest absolute Gasteiger partial charge is 0.0714 e. The third-order valence-corrected chi connectivity index (χ3v) is 11.4. The van der Waals surface area contributed by atoms with Crippen LogP contribution >= 0.6 is 23.5 Å². The Hall–Kier alpha value is 0.877. The number of nitrogens with zero attached hydrogens (tertiary/aromatic N) is 1. The Morgan fingerprint density at radius 2 is 1.50 bits per heavy atom. The maximum absolute atomic E-state index is 2.57. The van der Waals surface area contributed by atoms with E-state index in [0.717, 1.165) is 4.21 Å². The molecular weight excluding hydrogens is 226 g/mol. The highest BCUT2D eigenvalue weighted by molar-refractivity contribution is 8.19. The molecule has 1 rings (SSSR count). The molecule has 1 saturated heterocycles. The van der Waals surface area contributed by atoms with E-state index in [4.69, 9.17) is 0 Å². The first-order chi connectivity index (χ1) is 6.21. The molecule has 0 aromatic carbocycles. The molecule has 1 aliphatic rings. The Bertz CT molecular complexity index is 165. The maximum Gasteiger partial charge on any atom is 0.0714 e. The van der Waals surface area contributed by atoms with Gasteiger partial charge >= 0.3 is 0 Å². The van der Waals surface area contributed by atoms with Crippen LogP contribution in [0, 0.1) is 0 Å². The lowest BCUT2D eigenvalue weighted by atomic mass is 10.1. The van der Waals surface area contributed by atoms with Crippen LogP contribution in [0.15, 0.2) is 0 Å². The molecule has 1 heterocycles. The van der Waals surface area contributed by atoms with Crippen molar-refractivity contribution in [3.05, 3.63) is 0 Å². The molecule has 84 valence electrons. The first-order valence-electron chi connectivity index (χ1n) is 5.19. The summed E-state index contributed by atoms with van der Waals surface area (Å²) in [6.45, 7) is 14.4. The van der Waals surface area contributed by atoms with E-state index in [1.807, 2.05) is 0 Å². The van der Waals surface area contributed by atoms with Gasteiger partial charge in [0.25, 0.3) is 0 Å². The van der Waals surface area contributed by atoms with Gasteiger partial charge < -0.3 is 0 Å². The minimum absolute atomic E-state index is 0.338. The largest absolute Gasteiger partial charge is 0.280 e. The Kier molecular flexibility index (Phi) is 4.07. The monoisotopic (exact) mass is 249 g/mol. The molecule has 0 atom stereocenters. The molecule has 0 bridgehead atoms. The highest BCUT2D eigenvalue weighted by Crippen LogP contribution is 2.39. The van der Waals surface area contributed by atoms with Gasteiger partial charge in [0.1, 0.15) is 0 Å². The summed E-state index contributed by atoms with van der Waals surface area (Å²) in [6.07, 6.45) is 0. The van der Waals surface area contributed by atoms with Crippen molar-refractivity contribution in [2.24, 2.45) is 0 Å². The molecule has 4 heteroatoms. The molecular formula is C10H23NS2Si. The SMILES string of the molecule is CC(C)(C)N1CSC([Si](C)(C)C)SC1. The van der Waals surface area contributed by atoms with Crippen molar-refractivity contribution in [2.45, 2.75) is 50.2 Å². The van der Waals surface area contributed by atoms with E-state index >= 15 is 0 Å². The van der Waals surface area contributed by atoms with Crippen molar-refractivity contribution in [3.63, 3.8) is 0 Å². The Morgan fingerprint density at radius 1 is 1.07 bits per heavy atom. The normalized spacial score (nSPS) is 22.7. The predicted octanol–water partition coefficient (Wildman–Crippen LogP) is 3.69. The summed E-state index contributed by atoms with van der Waals surface area (Å²) in [6, 6.07) is 0. The highest BCUT2D eigenvalue weighted by Gasteiger charge is 2.34. The van der Waals surface area contributed by atoms with Gasteiger partial charge in [-0.25, -0.2) is 0 Å². The van der Waals surface area contributed by atoms with Crippen LogP contribution in [0.3, 0.4) is 0 Å². The van der Waals surface area contributed by atoms with Crippen LogP contribution in [0.1, 0.15) is 20.8 Å². The van der Waals surface area contributed by atoms with Crippen molar-refractivity contribution in [2.75, 3.05) is 11.8 Å². The second-order valence-corrected chi connectivity index (χ2v) is 14.6. The second-order valence-electron chi connectivity index (χ2n) is 6.00. The molecule has 1 fully saturated rings. The van der Waals surface area contributed by atoms with Crippen molar-refractivity contribution in [3.8, 4) is 0 Å². The van der Waals surface area contributed by atoms with E-state index in [9.17, 15) is 0 Å². The van der Waals surface area contributed by atoms with Crippen molar-refractivity contribution in [1.82, 2.24) is 4.90 Å². The molecule has 1 aliphatic heterocycles. The maximum atomic E-state index is 2.57. The average molecular weight is 250 g/mol. The first kappa shape index (κ1) is 12.9. The minimum atomic E-state index is -0.946. The molecule has 0 unspecified atom stereocenters. The van der Waals surface area contributed by atoms with Crippen LogP contribution in [0.4, 0.5) is 0 Å². The van der Waals surface area contributed by atoms with Crippen LogP contribution in [0.25, 0.3) is 0 Å². The van der Waals surface area contributed by atoms with Gasteiger partial charge in [0.15, 0.2) is 0 Å². The topological polar surface area (TPSA) is 3.24 Å². The zero-order chi connectivity index (χ0) is 11.0. The fraction of sp³-hybridized carbons (Fsp3) is 1.00. The summed E-state index contributed by atoms with van der Waals surface area (Å²) in [7, 11) is -0.946. The van der Waals surface area contributed by atoms with E-state index in [0.29, 0.717) is 5.54 Å². The standard InChI is InChI=1S/C10H23NS2Si/c1-10(2,3)11-7-12-9(13-8-11)14(4,5)6/h9H,7-8H2,1-6H3. The molecule has 0 aromatic heterocycles. The number of rotatable bonds is 1. The molecule has 0 aromatic rings. The lowest BCUT2D eigenvalue weighted by molar-refractivity contribution is 0.198. The fourth-order valence-corrected chi connectivity index (χ4v) is 8.19. The summed E-state index contributed by atoms with van der Waals surface area (Å²) in [5.41, 5.74) is 0.338. The van der Waals surface area contributed by atoms with Gasteiger partial charge in [-0.05, 0) is 20.8 Å². The van der Waals surface area contributed by atoms with E-state index in [1.165, 1.54) is 11.8 Å². The van der Waals surface area contributed by atoms with Crippen LogP contribution in [0.2, 0.25) is 19.6 Å². The fourth-order valence-electron chi connectivity index (χ4n) is 1.29. The number of thioether (sulfide) groups is 2. The minimum Gasteiger partial charge on any atom is -0.280 e. The van der Waals surface area contributed by atoms with Crippen LogP contribution in [0.5, 0.6) is 0 Å².